The van der Waals surface area contributed by atoms with Crippen molar-refractivity contribution in [2.75, 3.05) is 31.1 Å². The van der Waals surface area contributed by atoms with Crippen LogP contribution in [-0.4, -0.2) is 53.4 Å². The number of carbonyl (C=O) groups is 2. The maximum atomic E-state index is 12.4. The van der Waals surface area contributed by atoms with Gasteiger partial charge in [-0.15, -0.1) is 0 Å². The highest BCUT2D eigenvalue weighted by molar-refractivity contribution is 5.97. The Labute approximate surface area is 117 Å². The Hall–Kier alpha value is -2.08. The Morgan fingerprint density at radius 3 is 2.75 bits per heavy atom. The average molecular weight is 278 g/mol. The SMILES string of the molecule is CCN(CCO)C(=O)N1CCc2ccc(C(=O)O)cc21. The molecule has 0 spiro atoms. The van der Waals surface area contributed by atoms with Crippen molar-refractivity contribution in [1.82, 2.24) is 4.90 Å². The number of anilines is 1. The normalized spacial score (nSPS) is 13.2. The molecule has 1 aliphatic heterocycles. The molecule has 20 heavy (non-hydrogen) atoms. The van der Waals surface area contributed by atoms with Crippen molar-refractivity contribution in [1.29, 1.82) is 0 Å². The molecule has 0 aromatic heterocycles. The van der Waals surface area contributed by atoms with Gasteiger partial charge in [0, 0.05) is 25.3 Å². The lowest BCUT2D eigenvalue weighted by Crippen LogP contribution is -2.43. The van der Waals surface area contributed by atoms with E-state index in [-0.39, 0.29) is 24.7 Å². The summed E-state index contributed by atoms with van der Waals surface area (Å²) < 4.78 is 0. The number of carboxylic acids is 1. The number of nitrogens with zero attached hydrogens (tertiary/aromatic N) is 2. The number of amides is 2. The molecular weight excluding hydrogens is 260 g/mol. The molecule has 0 unspecified atom stereocenters. The van der Waals surface area contributed by atoms with Crippen LogP contribution in [0.25, 0.3) is 0 Å². The number of hydrogen-bond acceptors (Lipinski definition) is 3. The van der Waals surface area contributed by atoms with Crippen LogP contribution in [0.5, 0.6) is 0 Å². The van der Waals surface area contributed by atoms with Crippen molar-refractivity contribution in [2.45, 2.75) is 13.3 Å². The van der Waals surface area contributed by atoms with Crippen LogP contribution in [-0.2, 0) is 6.42 Å². The van der Waals surface area contributed by atoms with Gasteiger partial charge in [0.05, 0.1) is 12.2 Å². The third kappa shape index (κ3) is 2.60. The molecule has 0 saturated carbocycles. The maximum absolute atomic E-state index is 12.4. The number of aliphatic hydroxyl groups is 1. The van der Waals surface area contributed by atoms with E-state index < -0.39 is 5.97 Å². The summed E-state index contributed by atoms with van der Waals surface area (Å²) >= 11 is 0. The van der Waals surface area contributed by atoms with Crippen LogP contribution >= 0.6 is 0 Å². The first-order chi connectivity index (χ1) is 9.58. The Morgan fingerprint density at radius 1 is 1.40 bits per heavy atom. The van der Waals surface area contributed by atoms with E-state index in [0.29, 0.717) is 18.8 Å². The van der Waals surface area contributed by atoms with E-state index in [1.54, 1.807) is 21.9 Å². The number of rotatable bonds is 4. The van der Waals surface area contributed by atoms with Crippen LogP contribution in [0.1, 0.15) is 22.8 Å². The molecule has 2 N–H and O–H groups in total. The molecule has 2 rings (SSSR count). The van der Waals surface area contributed by atoms with Gasteiger partial charge >= 0.3 is 12.0 Å². The van der Waals surface area contributed by atoms with Crippen LogP contribution in [0.2, 0.25) is 0 Å². The van der Waals surface area contributed by atoms with Gasteiger partial charge in [0.1, 0.15) is 0 Å². The maximum Gasteiger partial charge on any atom is 0.335 e. The van der Waals surface area contributed by atoms with Crippen molar-refractivity contribution in [2.24, 2.45) is 0 Å². The highest BCUT2D eigenvalue weighted by Crippen LogP contribution is 2.30. The van der Waals surface area contributed by atoms with E-state index in [4.69, 9.17) is 10.2 Å². The molecule has 0 aliphatic carbocycles. The molecule has 1 aromatic rings. The van der Waals surface area contributed by atoms with Gasteiger partial charge in [-0.2, -0.15) is 0 Å². The summed E-state index contributed by atoms with van der Waals surface area (Å²) in [6.07, 6.45) is 0.720. The standard InChI is InChI=1S/C14H18N2O4/c1-2-15(7-8-17)14(20)16-6-5-10-3-4-11(13(18)19)9-12(10)16/h3-4,9,17H,2,5-8H2,1H3,(H,18,19). The summed E-state index contributed by atoms with van der Waals surface area (Å²) in [6, 6.07) is 4.66. The second-order valence-corrected chi connectivity index (χ2v) is 4.64. The summed E-state index contributed by atoms with van der Waals surface area (Å²) in [7, 11) is 0. The van der Waals surface area contributed by atoms with E-state index in [0.717, 1.165) is 12.0 Å². The zero-order valence-corrected chi connectivity index (χ0v) is 11.4. The highest BCUT2D eigenvalue weighted by atomic mass is 16.4. The fourth-order valence-corrected chi connectivity index (χ4v) is 2.39. The average Bonchev–Trinajstić information content (AvgIpc) is 2.86. The molecular formula is C14H18N2O4. The minimum atomic E-state index is -1.00. The molecule has 2 amide bonds. The van der Waals surface area contributed by atoms with E-state index in [9.17, 15) is 9.59 Å². The predicted molar refractivity (Wildman–Crippen MR) is 74.2 cm³/mol. The molecule has 108 valence electrons. The molecule has 1 heterocycles. The van der Waals surface area contributed by atoms with Crippen molar-refractivity contribution in [3.8, 4) is 0 Å². The first kappa shape index (κ1) is 14.3. The number of hydrogen-bond donors (Lipinski definition) is 2. The fourth-order valence-electron chi connectivity index (χ4n) is 2.39. The first-order valence-corrected chi connectivity index (χ1v) is 6.62. The number of aromatic carboxylic acids is 1. The number of likely N-dealkylation sites (N-methyl/N-ethyl adjacent to an activating group) is 1. The lowest BCUT2D eigenvalue weighted by Gasteiger charge is -2.27. The minimum Gasteiger partial charge on any atom is -0.478 e. The van der Waals surface area contributed by atoms with Gasteiger partial charge in [0.25, 0.3) is 0 Å². The summed E-state index contributed by atoms with van der Waals surface area (Å²) in [5, 5.41) is 18.0. The Balaban J connectivity index is 2.28. The van der Waals surface area contributed by atoms with Gasteiger partial charge in [-0.05, 0) is 31.0 Å². The van der Waals surface area contributed by atoms with Gasteiger partial charge in [-0.25, -0.2) is 9.59 Å². The predicted octanol–water partition coefficient (Wildman–Crippen LogP) is 1.18. The lowest BCUT2D eigenvalue weighted by molar-refractivity contribution is 0.0697. The van der Waals surface area contributed by atoms with Crippen molar-refractivity contribution in [3.63, 3.8) is 0 Å². The van der Waals surface area contributed by atoms with E-state index in [1.165, 1.54) is 6.07 Å². The summed E-state index contributed by atoms with van der Waals surface area (Å²) in [6.45, 7) is 3.08. The third-order valence-electron chi connectivity index (χ3n) is 3.48. The zero-order valence-electron chi connectivity index (χ0n) is 11.4. The van der Waals surface area contributed by atoms with Crippen LogP contribution in [0.4, 0.5) is 10.5 Å². The molecule has 1 aromatic carbocycles. The first-order valence-electron chi connectivity index (χ1n) is 6.62. The van der Waals surface area contributed by atoms with Gasteiger partial charge in [-0.3, -0.25) is 4.90 Å². The second kappa shape index (κ2) is 5.92. The Morgan fingerprint density at radius 2 is 2.15 bits per heavy atom. The smallest absolute Gasteiger partial charge is 0.335 e. The number of carbonyl (C=O) groups excluding carboxylic acids is 1. The highest BCUT2D eigenvalue weighted by Gasteiger charge is 2.28. The molecule has 0 radical (unpaired) electrons. The van der Waals surface area contributed by atoms with Crippen LogP contribution in [0, 0.1) is 0 Å². The molecule has 6 heteroatoms. The Bertz CT molecular complexity index is 530. The number of carboxylic acid groups (broad SMARTS) is 1. The van der Waals surface area contributed by atoms with Crippen molar-refractivity contribution in [3.05, 3.63) is 29.3 Å². The van der Waals surface area contributed by atoms with E-state index >= 15 is 0 Å². The van der Waals surface area contributed by atoms with Crippen molar-refractivity contribution >= 4 is 17.7 Å². The van der Waals surface area contributed by atoms with E-state index in [1.807, 2.05) is 6.92 Å². The second-order valence-electron chi connectivity index (χ2n) is 4.64. The molecule has 6 nitrogen and oxygen atoms in total. The van der Waals surface area contributed by atoms with Gasteiger partial charge in [0.15, 0.2) is 0 Å². The molecule has 0 fully saturated rings. The number of fused-ring (bicyclic) bond motifs is 1. The number of aliphatic hydroxyl groups excluding tert-OH is 1. The lowest BCUT2D eigenvalue weighted by atomic mass is 10.1. The zero-order chi connectivity index (χ0) is 14.7. The monoisotopic (exact) mass is 278 g/mol. The van der Waals surface area contributed by atoms with E-state index in [2.05, 4.69) is 0 Å². The van der Waals surface area contributed by atoms with Crippen LogP contribution in [0.15, 0.2) is 18.2 Å². The fraction of sp³-hybridized carbons (Fsp3) is 0.429. The van der Waals surface area contributed by atoms with Crippen LogP contribution in [0.3, 0.4) is 0 Å². The Kier molecular flexibility index (Phi) is 4.24. The minimum absolute atomic E-state index is 0.0879. The number of urea groups is 1. The molecule has 1 aliphatic rings. The molecule has 0 atom stereocenters. The summed E-state index contributed by atoms with van der Waals surface area (Å²) in [5.41, 5.74) is 1.81. The van der Waals surface area contributed by atoms with Crippen molar-refractivity contribution < 1.29 is 19.8 Å². The van der Waals surface area contributed by atoms with Gasteiger partial charge < -0.3 is 15.1 Å². The quantitative estimate of drug-likeness (QED) is 0.866. The van der Waals surface area contributed by atoms with Crippen LogP contribution < -0.4 is 4.90 Å². The van der Waals surface area contributed by atoms with Gasteiger partial charge in [-0.1, -0.05) is 6.07 Å². The number of benzene rings is 1. The summed E-state index contributed by atoms with van der Waals surface area (Å²) in [4.78, 5) is 26.6. The molecule has 0 bridgehead atoms. The molecule has 0 saturated heterocycles. The topological polar surface area (TPSA) is 81.1 Å². The third-order valence-corrected chi connectivity index (χ3v) is 3.48. The van der Waals surface area contributed by atoms with Gasteiger partial charge in [0.2, 0.25) is 0 Å². The summed E-state index contributed by atoms with van der Waals surface area (Å²) in [5.74, 6) is -1.00. The largest absolute Gasteiger partial charge is 0.478 e.